The van der Waals surface area contributed by atoms with E-state index in [0.29, 0.717) is 12.0 Å². The number of rotatable bonds is 8. The molecule has 6 nitrogen and oxygen atoms in total. The highest BCUT2D eigenvalue weighted by molar-refractivity contribution is 7.89. The van der Waals surface area contributed by atoms with E-state index in [1.165, 1.54) is 37.4 Å². The van der Waals surface area contributed by atoms with Crippen LogP contribution in [0, 0.1) is 0 Å². The van der Waals surface area contributed by atoms with Crippen LogP contribution in [0.2, 0.25) is 0 Å². The highest BCUT2D eigenvalue weighted by Gasteiger charge is 2.31. The Balaban J connectivity index is 1.64. The first kappa shape index (κ1) is 22.1. The Morgan fingerprint density at radius 3 is 2.37 bits per heavy atom. The fourth-order valence-corrected chi connectivity index (χ4v) is 4.29. The van der Waals surface area contributed by atoms with Crippen molar-refractivity contribution < 1.29 is 31.1 Å². The van der Waals surface area contributed by atoms with Crippen molar-refractivity contribution in [2.24, 2.45) is 0 Å². The first-order valence-electron chi connectivity index (χ1n) is 9.25. The Kier molecular flexibility index (Phi) is 6.37. The maximum Gasteiger partial charge on any atom is 0.416 e. The van der Waals surface area contributed by atoms with Crippen molar-refractivity contribution in [1.29, 1.82) is 0 Å². The number of hydrogen-bond donors (Lipinski definition) is 2. The van der Waals surface area contributed by atoms with E-state index in [4.69, 9.17) is 4.74 Å². The predicted molar refractivity (Wildman–Crippen MR) is 104 cm³/mol. The molecule has 2 aromatic rings. The van der Waals surface area contributed by atoms with E-state index < -0.39 is 27.7 Å². The number of carbonyl (C=O) groups excluding carboxylic acids is 1. The highest BCUT2D eigenvalue weighted by Crippen LogP contribution is 2.29. The van der Waals surface area contributed by atoms with Gasteiger partial charge in [0, 0.05) is 18.2 Å². The van der Waals surface area contributed by atoms with Gasteiger partial charge in [-0.25, -0.2) is 13.1 Å². The van der Waals surface area contributed by atoms with E-state index in [2.05, 4.69) is 10.0 Å². The molecule has 3 rings (SSSR count). The summed E-state index contributed by atoms with van der Waals surface area (Å²) in [6.07, 6.45) is -2.53. The van der Waals surface area contributed by atoms with Crippen molar-refractivity contribution in [3.05, 3.63) is 59.2 Å². The molecule has 0 unspecified atom stereocenters. The Morgan fingerprint density at radius 1 is 1.13 bits per heavy atom. The summed E-state index contributed by atoms with van der Waals surface area (Å²) < 4.78 is 70.5. The van der Waals surface area contributed by atoms with Crippen LogP contribution in [-0.4, -0.2) is 34.0 Å². The molecule has 0 aliphatic heterocycles. The van der Waals surface area contributed by atoms with Gasteiger partial charge in [-0.1, -0.05) is 12.1 Å². The molecule has 1 aliphatic rings. The van der Waals surface area contributed by atoms with Crippen molar-refractivity contribution in [2.45, 2.75) is 36.4 Å². The zero-order valence-electron chi connectivity index (χ0n) is 16.1. The molecule has 0 saturated heterocycles. The lowest BCUT2D eigenvalue weighted by Gasteiger charge is -2.12. The average Bonchev–Trinajstić information content (AvgIpc) is 3.50. The number of benzene rings is 2. The Hall–Kier alpha value is -2.59. The second kappa shape index (κ2) is 8.65. The smallest absolute Gasteiger partial charge is 0.416 e. The van der Waals surface area contributed by atoms with E-state index in [-0.39, 0.29) is 28.8 Å². The van der Waals surface area contributed by atoms with Gasteiger partial charge in [0.15, 0.2) is 0 Å². The molecule has 162 valence electrons. The van der Waals surface area contributed by atoms with Gasteiger partial charge < -0.3 is 10.1 Å². The van der Waals surface area contributed by atoms with Gasteiger partial charge in [-0.2, -0.15) is 13.2 Å². The third-order valence-corrected chi connectivity index (χ3v) is 6.14. The summed E-state index contributed by atoms with van der Waals surface area (Å²) in [6, 6.07) is 8.70. The molecule has 2 N–H and O–H groups in total. The minimum absolute atomic E-state index is 0.0964. The molecule has 30 heavy (non-hydrogen) atoms. The number of amides is 1. The summed E-state index contributed by atoms with van der Waals surface area (Å²) in [4.78, 5) is 12.3. The number of ether oxygens (including phenoxy) is 1. The second-order valence-corrected chi connectivity index (χ2v) is 8.64. The van der Waals surface area contributed by atoms with Crippen molar-refractivity contribution in [3.8, 4) is 5.75 Å². The van der Waals surface area contributed by atoms with Crippen LogP contribution < -0.4 is 14.8 Å². The molecule has 0 atom stereocenters. The van der Waals surface area contributed by atoms with Gasteiger partial charge in [0.25, 0.3) is 5.91 Å². The molecule has 0 spiro atoms. The molecule has 10 heteroatoms. The van der Waals surface area contributed by atoms with Crippen LogP contribution in [0.5, 0.6) is 5.75 Å². The van der Waals surface area contributed by atoms with Gasteiger partial charge in [-0.3, -0.25) is 4.79 Å². The molecule has 2 aromatic carbocycles. The minimum Gasteiger partial charge on any atom is -0.495 e. The molecule has 1 amide bonds. The summed E-state index contributed by atoms with van der Waals surface area (Å²) in [5.41, 5.74) is 0.0383. The standard InChI is InChI=1S/C20H21F3N2O4S/c1-29-17-9-4-14(12-18(17)30(27,28)25-16-7-8-16)19(26)24-11-10-13-2-5-15(6-3-13)20(21,22)23/h2-6,9,12,16,25H,7-8,10-11H2,1H3,(H,24,26). The number of sulfonamides is 1. The fourth-order valence-electron chi connectivity index (χ4n) is 2.79. The molecule has 0 aromatic heterocycles. The summed E-state index contributed by atoms with van der Waals surface area (Å²) >= 11 is 0. The number of alkyl halides is 3. The zero-order chi connectivity index (χ0) is 21.9. The third-order valence-electron chi connectivity index (χ3n) is 4.59. The largest absolute Gasteiger partial charge is 0.495 e. The van der Waals surface area contributed by atoms with E-state index in [0.717, 1.165) is 25.0 Å². The topological polar surface area (TPSA) is 84.5 Å². The maximum atomic E-state index is 12.6. The van der Waals surface area contributed by atoms with E-state index in [1.54, 1.807) is 0 Å². The van der Waals surface area contributed by atoms with Crippen molar-refractivity contribution in [1.82, 2.24) is 10.0 Å². The van der Waals surface area contributed by atoms with Crippen LogP contribution in [0.4, 0.5) is 13.2 Å². The van der Waals surface area contributed by atoms with E-state index >= 15 is 0 Å². The first-order valence-corrected chi connectivity index (χ1v) is 10.7. The quantitative estimate of drug-likeness (QED) is 0.658. The average molecular weight is 442 g/mol. The SMILES string of the molecule is COc1ccc(C(=O)NCCc2ccc(C(F)(F)F)cc2)cc1S(=O)(=O)NC1CC1. The van der Waals surface area contributed by atoms with Crippen LogP contribution in [0.15, 0.2) is 47.4 Å². The number of halogens is 3. The number of methoxy groups -OCH3 is 1. The van der Waals surface area contributed by atoms with Gasteiger partial charge in [0.2, 0.25) is 10.0 Å². The molecule has 0 bridgehead atoms. The third kappa shape index (κ3) is 5.51. The molecule has 0 heterocycles. The fraction of sp³-hybridized carbons (Fsp3) is 0.350. The Labute approximate surface area is 172 Å². The summed E-state index contributed by atoms with van der Waals surface area (Å²) in [5, 5.41) is 2.64. The maximum absolute atomic E-state index is 12.6. The minimum atomic E-state index is -4.40. The van der Waals surface area contributed by atoms with Crippen LogP contribution >= 0.6 is 0 Å². The van der Waals surface area contributed by atoms with Gasteiger partial charge >= 0.3 is 6.18 Å². The molecular weight excluding hydrogens is 421 g/mol. The second-order valence-electron chi connectivity index (χ2n) is 6.96. The van der Waals surface area contributed by atoms with Gasteiger partial charge in [0.05, 0.1) is 12.7 Å². The number of nitrogens with one attached hydrogen (secondary N) is 2. The number of carbonyl (C=O) groups is 1. The van der Waals surface area contributed by atoms with Crippen molar-refractivity contribution in [2.75, 3.05) is 13.7 Å². The summed E-state index contributed by atoms with van der Waals surface area (Å²) in [5.74, 6) is -0.364. The van der Waals surface area contributed by atoms with Crippen LogP contribution in [0.25, 0.3) is 0 Å². The first-order chi connectivity index (χ1) is 14.1. The summed E-state index contributed by atoms with van der Waals surface area (Å²) in [6.45, 7) is 0.179. The zero-order valence-corrected chi connectivity index (χ0v) is 16.9. The molecule has 1 aliphatic carbocycles. The van der Waals surface area contributed by atoms with Crippen LogP contribution in [-0.2, 0) is 22.6 Å². The lowest BCUT2D eigenvalue weighted by atomic mass is 10.1. The monoisotopic (exact) mass is 442 g/mol. The Bertz CT molecular complexity index is 1020. The van der Waals surface area contributed by atoms with Gasteiger partial charge in [-0.15, -0.1) is 0 Å². The normalized spacial score (nSPS) is 14.4. The van der Waals surface area contributed by atoms with Crippen LogP contribution in [0.3, 0.4) is 0 Å². The van der Waals surface area contributed by atoms with E-state index in [1.807, 2.05) is 0 Å². The van der Waals surface area contributed by atoms with E-state index in [9.17, 15) is 26.4 Å². The number of hydrogen-bond acceptors (Lipinski definition) is 4. The van der Waals surface area contributed by atoms with Crippen molar-refractivity contribution in [3.63, 3.8) is 0 Å². The molecule has 1 fully saturated rings. The van der Waals surface area contributed by atoms with Gasteiger partial charge in [-0.05, 0) is 55.2 Å². The van der Waals surface area contributed by atoms with Crippen molar-refractivity contribution >= 4 is 15.9 Å². The predicted octanol–water partition coefficient (Wildman–Crippen LogP) is 3.13. The Morgan fingerprint density at radius 2 is 1.80 bits per heavy atom. The highest BCUT2D eigenvalue weighted by atomic mass is 32.2. The van der Waals surface area contributed by atoms with Crippen LogP contribution in [0.1, 0.15) is 34.3 Å². The molecule has 1 saturated carbocycles. The molecule has 0 radical (unpaired) electrons. The lowest BCUT2D eigenvalue weighted by Crippen LogP contribution is -2.28. The lowest BCUT2D eigenvalue weighted by molar-refractivity contribution is -0.137. The summed E-state index contributed by atoms with van der Waals surface area (Å²) in [7, 11) is -2.48. The molecular formula is C20H21F3N2O4S. The van der Waals surface area contributed by atoms with Gasteiger partial charge in [0.1, 0.15) is 10.6 Å².